The van der Waals surface area contributed by atoms with Crippen molar-refractivity contribution < 1.29 is 29.4 Å². The fraction of sp³-hybridized carbons (Fsp3) is 0.286. The number of carbonyl (C=O) groups is 4. The van der Waals surface area contributed by atoms with Crippen LogP contribution < -0.4 is 5.32 Å². The fourth-order valence-corrected chi connectivity index (χ4v) is 5.00. The number of rotatable bonds is 5. The van der Waals surface area contributed by atoms with Crippen molar-refractivity contribution in [3.8, 4) is 0 Å². The lowest BCUT2D eigenvalue weighted by Crippen LogP contribution is -2.70. The van der Waals surface area contributed by atoms with E-state index in [-0.39, 0.29) is 16.5 Å². The summed E-state index contributed by atoms with van der Waals surface area (Å²) in [5.41, 5.74) is -0.297. The molecule has 0 bridgehead atoms. The maximum absolute atomic E-state index is 12.4. The summed E-state index contributed by atoms with van der Waals surface area (Å²) in [5.74, 6) is -5.32. The molecule has 0 aliphatic carbocycles. The molecule has 0 aromatic carbocycles. The van der Waals surface area contributed by atoms with Crippen LogP contribution in [-0.2, 0) is 19.2 Å². The van der Waals surface area contributed by atoms with Gasteiger partial charge in [-0.1, -0.05) is 17.7 Å². The van der Waals surface area contributed by atoms with Crippen molar-refractivity contribution in [2.45, 2.75) is 17.3 Å². The molecule has 2 aliphatic heterocycles. The zero-order chi connectivity index (χ0) is 18.3. The largest absolute Gasteiger partial charge is 0.480 e. The Morgan fingerprint density at radius 2 is 2.08 bits per heavy atom. The highest BCUT2D eigenvalue weighted by molar-refractivity contribution is 8.00. The Morgan fingerprint density at radius 1 is 1.36 bits per heavy atom. The van der Waals surface area contributed by atoms with Crippen molar-refractivity contribution in [1.82, 2.24) is 10.2 Å². The smallest absolute Gasteiger partial charge is 0.353 e. The van der Waals surface area contributed by atoms with E-state index in [2.05, 4.69) is 5.32 Å². The Bertz CT molecular complexity index is 793. The predicted octanol–water partition coefficient (Wildman–Crippen LogP) is 0.851. The van der Waals surface area contributed by atoms with Gasteiger partial charge in [0.25, 0.3) is 5.91 Å². The number of nitrogens with one attached hydrogen (secondary N) is 1. The number of amides is 2. The minimum atomic E-state index is -1.42. The van der Waals surface area contributed by atoms with Gasteiger partial charge in [0.2, 0.25) is 5.91 Å². The standard InChI is InChI=1S/C14H11ClN2O6S2/c15-5-4-25-12-8(11(19)17(12)9(5)14(22)23)16-10(18)7(13(20)21)6-2-1-3-24-6/h1-3,7-8,12H,4H2,(H,16,18)(H,20,21)(H,22,23)/t7?,8?,12-/m1/s1. The molecule has 0 saturated carbocycles. The van der Waals surface area contributed by atoms with Gasteiger partial charge in [-0.25, -0.2) is 4.79 Å². The second-order valence-electron chi connectivity index (χ2n) is 5.24. The SMILES string of the molecule is O=C(O)C1=C(Cl)CS[C@@H]2C(NC(=O)C(C(=O)O)c3cccs3)C(=O)N12. The number of carboxylic acid groups (broad SMARTS) is 2. The van der Waals surface area contributed by atoms with Crippen LogP contribution >= 0.6 is 34.7 Å². The van der Waals surface area contributed by atoms with Crippen molar-refractivity contribution in [2.24, 2.45) is 0 Å². The molecule has 8 nitrogen and oxygen atoms in total. The van der Waals surface area contributed by atoms with Gasteiger partial charge in [-0.2, -0.15) is 0 Å². The van der Waals surface area contributed by atoms with E-state index < -0.39 is 41.1 Å². The normalized spacial score (nSPS) is 23.6. The van der Waals surface area contributed by atoms with Crippen molar-refractivity contribution in [3.63, 3.8) is 0 Å². The molecule has 3 heterocycles. The van der Waals surface area contributed by atoms with Gasteiger partial charge in [-0.15, -0.1) is 23.1 Å². The maximum Gasteiger partial charge on any atom is 0.353 e. The van der Waals surface area contributed by atoms with Gasteiger partial charge in [-0.3, -0.25) is 19.3 Å². The first kappa shape index (κ1) is 17.8. The number of hydrogen-bond acceptors (Lipinski definition) is 6. The van der Waals surface area contributed by atoms with Gasteiger partial charge < -0.3 is 15.5 Å². The lowest BCUT2D eigenvalue weighted by molar-refractivity contribution is -0.152. The number of carbonyl (C=O) groups excluding carboxylic acids is 2. The summed E-state index contributed by atoms with van der Waals surface area (Å²) in [7, 11) is 0. The summed E-state index contributed by atoms with van der Waals surface area (Å²) in [4.78, 5) is 48.7. The van der Waals surface area contributed by atoms with Crippen LogP contribution in [0.4, 0.5) is 0 Å². The molecule has 0 spiro atoms. The van der Waals surface area contributed by atoms with Gasteiger partial charge in [0.1, 0.15) is 17.1 Å². The van der Waals surface area contributed by atoms with Gasteiger partial charge in [0.15, 0.2) is 5.92 Å². The quantitative estimate of drug-likeness (QED) is 0.492. The maximum atomic E-state index is 12.4. The van der Waals surface area contributed by atoms with Crippen LogP contribution in [0.25, 0.3) is 0 Å². The summed E-state index contributed by atoms with van der Waals surface area (Å²) >= 11 is 8.20. The van der Waals surface area contributed by atoms with Crippen molar-refractivity contribution in [2.75, 3.05) is 5.75 Å². The lowest BCUT2D eigenvalue weighted by Gasteiger charge is -2.48. The van der Waals surface area contributed by atoms with E-state index in [4.69, 9.17) is 11.6 Å². The van der Waals surface area contributed by atoms with Crippen molar-refractivity contribution in [3.05, 3.63) is 33.1 Å². The molecule has 1 fully saturated rings. The Kier molecular flexibility index (Phi) is 4.76. The van der Waals surface area contributed by atoms with Crippen LogP contribution in [0.5, 0.6) is 0 Å². The highest BCUT2D eigenvalue weighted by atomic mass is 35.5. The van der Waals surface area contributed by atoms with Crippen LogP contribution in [0.3, 0.4) is 0 Å². The van der Waals surface area contributed by atoms with E-state index in [1.54, 1.807) is 11.4 Å². The Balaban J connectivity index is 1.77. The van der Waals surface area contributed by atoms with Crippen LogP contribution in [-0.4, -0.2) is 56.0 Å². The highest BCUT2D eigenvalue weighted by Crippen LogP contribution is 2.41. The van der Waals surface area contributed by atoms with E-state index in [0.717, 1.165) is 16.2 Å². The molecule has 1 aromatic heterocycles. The third-order valence-electron chi connectivity index (χ3n) is 3.76. The molecule has 3 N–H and O–H groups in total. The van der Waals surface area contributed by atoms with E-state index in [0.29, 0.717) is 4.88 Å². The van der Waals surface area contributed by atoms with Gasteiger partial charge in [-0.05, 0) is 11.4 Å². The first-order valence-corrected chi connectivity index (χ1v) is 9.26. The Labute approximate surface area is 154 Å². The molecule has 2 aliphatic rings. The first-order valence-electron chi connectivity index (χ1n) is 6.96. The number of carboxylic acids is 2. The zero-order valence-corrected chi connectivity index (χ0v) is 14.7. The monoisotopic (exact) mass is 402 g/mol. The summed E-state index contributed by atoms with van der Waals surface area (Å²) < 4.78 is 0. The van der Waals surface area contributed by atoms with Gasteiger partial charge in [0, 0.05) is 10.6 Å². The van der Waals surface area contributed by atoms with Crippen LogP contribution in [0.15, 0.2) is 28.2 Å². The summed E-state index contributed by atoms with van der Waals surface area (Å²) in [6.07, 6.45) is 0. The second kappa shape index (κ2) is 6.70. The molecule has 1 aromatic rings. The summed E-state index contributed by atoms with van der Waals surface area (Å²) in [6.45, 7) is 0. The molecule has 1 saturated heterocycles. The molecule has 2 amide bonds. The number of fused-ring (bicyclic) bond motifs is 1. The van der Waals surface area contributed by atoms with E-state index >= 15 is 0 Å². The van der Waals surface area contributed by atoms with Crippen molar-refractivity contribution >= 4 is 58.5 Å². The third-order valence-corrected chi connectivity index (χ3v) is 6.45. The van der Waals surface area contributed by atoms with Gasteiger partial charge in [0.05, 0.1) is 5.03 Å². The second-order valence-corrected chi connectivity index (χ2v) is 7.78. The molecule has 132 valence electrons. The molecule has 11 heteroatoms. The number of thiophene rings is 1. The number of nitrogens with zero attached hydrogens (tertiary/aromatic N) is 1. The van der Waals surface area contributed by atoms with Gasteiger partial charge >= 0.3 is 11.9 Å². The van der Waals surface area contributed by atoms with E-state index in [1.165, 1.54) is 17.8 Å². The lowest BCUT2D eigenvalue weighted by atomic mass is 10.0. The molecule has 3 atom stereocenters. The highest BCUT2D eigenvalue weighted by Gasteiger charge is 2.54. The van der Waals surface area contributed by atoms with E-state index in [1.807, 2.05) is 0 Å². The van der Waals surface area contributed by atoms with E-state index in [9.17, 15) is 29.4 Å². The average molecular weight is 403 g/mol. The molecule has 25 heavy (non-hydrogen) atoms. The first-order chi connectivity index (χ1) is 11.8. The molecule has 0 radical (unpaired) electrons. The molecular formula is C14H11ClN2O6S2. The van der Waals surface area contributed by atoms with Crippen LogP contribution in [0.2, 0.25) is 0 Å². The number of thioether (sulfide) groups is 1. The fourth-order valence-electron chi connectivity index (χ4n) is 2.64. The topological polar surface area (TPSA) is 124 Å². The number of halogens is 1. The molecule has 2 unspecified atom stereocenters. The number of β-lactam (4-membered cyclic amide) rings is 1. The molecular weight excluding hydrogens is 392 g/mol. The predicted molar refractivity (Wildman–Crippen MR) is 90.2 cm³/mol. The van der Waals surface area contributed by atoms with Crippen LogP contribution in [0.1, 0.15) is 10.8 Å². The van der Waals surface area contributed by atoms with Crippen LogP contribution in [0, 0.1) is 0 Å². The average Bonchev–Trinajstić information content (AvgIpc) is 3.05. The number of hydrogen-bond donors (Lipinski definition) is 3. The Morgan fingerprint density at radius 3 is 2.64 bits per heavy atom. The third kappa shape index (κ3) is 3.00. The minimum Gasteiger partial charge on any atom is -0.480 e. The Hall–Kier alpha value is -2.04. The summed E-state index contributed by atoms with van der Waals surface area (Å²) in [5, 5.41) is 22.0. The van der Waals surface area contributed by atoms with Crippen molar-refractivity contribution in [1.29, 1.82) is 0 Å². The minimum absolute atomic E-state index is 0.0499. The summed E-state index contributed by atoms with van der Waals surface area (Å²) in [6, 6.07) is 2.17. The molecule has 3 rings (SSSR count). The number of aliphatic carboxylic acids is 2. The zero-order valence-electron chi connectivity index (χ0n) is 12.3.